The minimum Gasteiger partial charge on any atom is -0.412 e. The topological polar surface area (TPSA) is 9.23 Å². The molecule has 0 saturated carbocycles. The molecule has 0 rings (SSSR count). The normalized spacial score (nSPS) is 16.5. The fourth-order valence-electron chi connectivity index (χ4n) is 1.68. The molecule has 0 radical (unpaired) electrons. The molecule has 4 heteroatoms. The van der Waals surface area contributed by atoms with E-state index >= 15 is 0 Å². The molecule has 0 aromatic carbocycles. The summed E-state index contributed by atoms with van der Waals surface area (Å²) in [6.07, 6.45) is 7.03. The van der Waals surface area contributed by atoms with E-state index in [9.17, 15) is 0 Å². The van der Waals surface area contributed by atoms with Gasteiger partial charge in [0, 0.05) is 0 Å². The first-order valence-electron chi connectivity index (χ1n) is 8.51. The standard InChI is InChI=1S/C19H39OSi2.Li/c1-16(2)12-13-17(3)18(14-15-21(7,8)9)20-22(10,11)19(4,5)6;/h12-15,17-18H,1-11H3;/q-1;+1/b13-12+,15-14+;/t17-,18-;/m1./s1. The van der Waals surface area contributed by atoms with Gasteiger partial charge in [-0.15, -0.1) is 13.8 Å². The van der Waals surface area contributed by atoms with E-state index in [-0.39, 0.29) is 30.0 Å². The van der Waals surface area contributed by atoms with Crippen LogP contribution in [0, 0.1) is 11.8 Å². The molecule has 0 fully saturated rings. The summed E-state index contributed by atoms with van der Waals surface area (Å²) in [5, 5.41) is 0.245. The van der Waals surface area contributed by atoms with Gasteiger partial charge in [0.15, 0.2) is 8.32 Å². The van der Waals surface area contributed by atoms with Crippen molar-refractivity contribution in [3.63, 3.8) is 0 Å². The van der Waals surface area contributed by atoms with Crippen molar-refractivity contribution in [3.8, 4) is 0 Å². The summed E-state index contributed by atoms with van der Waals surface area (Å²) in [4.78, 5) is 0. The third kappa shape index (κ3) is 10.7. The van der Waals surface area contributed by atoms with E-state index in [2.05, 4.69) is 98.2 Å². The van der Waals surface area contributed by atoms with Crippen LogP contribution >= 0.6 is 0 Å². The second kappa shape index (κ2) is 9.73. The molecule has 2 atom stereocenters. The fourth-order valence-corrected chi connectivity index (χ4v) is 3.77. The number of hydrogen-bond donors (Lipinski definition) is 0. The molecule has 0 heterocycles. The second-order valence-corrected chi connectivity index (χ2v) is 19.2. The molecule has 0 unspecified atom stereocenters. The molecule has 1 nitrogen and oxygen atoms in total. The predicted octanol–water partition coefficient (Wildman–Crippen LogP) is 3.62. The Morgan fingerprint density at radius 2 is 1.43 bits per heavy atom. The summed E-state index contributed by atoms with van der Waals surface area (Å²) >= 11 is 0. The van der Waals surface area contributed by atoms with Crippen molar-refractivity contribution in [2.75, 3.05) is 0 Å². The van der Waals surface area contributed by atoms with Gasteiger partial charge in [-0.25, -0.2) is 18.1 Å². The molecule has 0 aliphatic rings. The van der Waals surface area contributed by atoms with Gasteiger partial charge in [0.2, 0.25) is 0 Å². The van der Waals surface area contributed by atoms with Gasteiger partial charge in [0.1, 0.15) is 0 Å². The molecule has 0 aromatic heterocycles. The van der Waals surface area contributed by atoms with E-state index in [4.69, 9.17) is 4.43 Å². The van der Waals surface area contributed by atoms with Crippen molar-refractivity contribution >= 4 is 16.4 Å². The maximum atomic E-state index is 6.71. The zero-order chi connectivity index (χ0) is 17.8. The minimum atomic E-state index is -1.76. The Kier molecular flexibility index (Phi) is 10.8. The largest absolute Gasteiger partial charge is 1.00 e. The summed E-state index contributed by atoms with van der Waals surface area (Å²) < 4.78 is 6.71. The van der Waals surface area contributed by atoms with Crippen molar-refractivity contribution in [1.82, 2.24) is 0 Å². The third-order valence-electron chi connectivity index (χ3n) is 4.27. The first-order chi connectivity index (χ1) is 9.66. The van der Waals surface area contributed by atoms with Crippen LogP contribution in [0.5, 0.6) is 0 Å². The van der Waals surface area contributed by atoms with E-state index in [1.807, 2.05) is 0 Å². The van der Waals surface area contributed by atoms with Crippen molar-refractivity contribution < 1.29 is 23.3 Å². The van der Waals surface area contributed by atoms with Crippen LogP contribution < -0.4 is 18.9 Å². The quantitative estimate of drug-likeness (QED) is 0.505. The number of hydrogen-bond acceptors (Lipinski definition) is 1. The first-order valence-corrected chi connectivity index (χ1v) is 15.0. The molecular formula is C19H39LiOSi2. The van der Waals surface area contributed by atoms with Gasteiger partial charge >= 0.3 is 18.9 Å². The molecule has 23 heavy (non-hydrogen) atoms. The Morgan fingerprint density at radius 3 is 1.78 bits per heavy atom. The molecule has 0 aliphatic heterocycles. The average Bonchev–Trinajstić information content (AvgIpc) is 2.28. The van der Waals surface area contributed by atoms with Crippen LogP contribution in [0.25, 0.3) is 0 Å². The molecule has 0 spiro atoms. The number of allylic oxidation sites excluding steroid dienone is 1. The maximum absolute atomic E-state index is 6.71. The van der Waals surface area contributed by atoms with Gasteiger partial charge in [-0.1, -0.05) is 65.0 Å². The molecular weight excluding hydrogens is 307 g/mol. The Labute approximate surface area is 160 Å². The molecule has 0 N–H and O–H groups in total. The van der Waals surface area contributed by atoms with Crippen LogP contribution in [-0.2, 0) is 4.43 Å². The fraction of sp³-hybridized carbons (Fsp3) is 0.737. The predicted molar refractivity (Wildman–Crippen MR) is 107 cm³/mol. The smallest absolute Gasteiger partial charge is 0.412 e. The van der Waals surface area contributed by atoms with Gasteiger partial charge in [-0.2, -0.15) is 0 Å². The van der Waals surface area contributed by atoms with E-state index < -0.39 is 16.4 Å². The Hall–Kier alpha value is 0.341. The Morgan fingerprint density at radius 1 is 0.957 bits per heavy atom. The average molecular weight is 347 g/mol. The maximum Gasteiger partial charge on any atom is 1.00 e. The van der Waals surface area contributed by atoms with E-state index in [0.29, 0.717) is 5.92 Å². The van der Waals surface area contributed by atoms with Gasteiger partial charge in [-0.3, -0.25) is 0 Å². The molecule has 0 bridgehead atoms. The second-order valence-electron chi connectivity index (χ2n) is 9.36. The number of rotatable bonds is 7. The van der Waals surface area contributed by atoms with Gasteiger partial charge in [-0.05, 0) is 18.1 Å². The summed E-state index contributed by atoms with van der Waals surface area (Å²) in [5.74, 6) is 1.74. The molecule has 0 saturated heterocycles. The monoisotopic (exact) mass is 346 g/mol. The van der Waals surface area contributed by atoms with E-state index in [1.54, 1.807) is 0 Å². The molecule has 0 amide bonds. The van der Waals surface area contributed by atoms with Crippen LogP contribution in [0.15, 0.2) is 23.9 Å². The summed E-state index contributed by atoms with van der Waals surface area (Å²) in [7, 11) is -2.97. The van der Waals surface area contributed by atoms with Crippen molar-refractivity contribution in [2.24, 2.45) is 5.92 Å². The van der Waals surface area contributed by atoms with Crippen molar-refractivity contribution in [2.45, 2.75) is 85.4 Å². The zero-order valence-corrected chi connectivity index (χ0v) is 19.9. The summed E-state index contributed by atoms with van der Waals surface area (Å²) in [6.45, 7) is 25.3. The Balaban J connectivity index is 0. The SMILES string of the molecule is C[C-](C)/C=C/[C@@H](C)[C@@H](/C=C/[Si](C)(C)C)O[Si](C)(C)C(C)(C)C.[Li+]. The van der Waals surface area contributed by atoms with Gasteiger partial charge < -0.3 is 4.43 Å². The van der Waals surface area contributed by atoms with E-state index in [0.717, 1.165) is 0 Å². The first kappa shape index (κ1) is 25.6. The summed E-state index contributed by atoms with van der Waals surface area (Å²) in [6, 6.07) is 0. The van der Waals surface area contributed by atoms with Crippen LogP contribution in [0.1, 0.15) is 41.5 Å². The van der Waals surface area contributed by atoms with E-state index in [1.165, 1.54) is 5.92 Å². The van der Waals surface area contributed by atoms with Crippen LogP contribution in [-0.4, -0.2) is 22.5 Å². The minimum absolute atomic E-state index is 0. The van der Waals surface area contributed by atoms with Gasteiger partial charge in [0.05, 0.1) is 14.2 Å². The third-order valence-corrected chi connectivity index (χ3v) is 9.94. The summed E-state index contributed by atoms with van der Waals surface area (Å²) in [5.41, 5.74) is 2.43. The zero-order valence-electron chi connectivity index (χ0n) is 17.9. The molecule has 0 aromatic rings. The van der Waals surface area contributed by atoms with Gasteiger partial charge in [0.25, 0.3) is 0 Å². The van der Waals surface area contributed by atoms with Crippen LogP contribution in [0.2, 0.25) is 37.8 Å². The van der Waals surface area contributed by atoms with Crippen LogP contribution in [0.4, 0.5) is 0 Å². The van der Waals surface area contributed by atoms with Crippen molar-refractivity contribution in [1.29, 1.82) is 0 Å². The Bertz CT molecular complexity index is 387. The molecule has 130 valence electrons. The van der Waals surface area contributed by atoms with Crippen molar-refractivity contribution in [3.05, 3.63) is 29.8 Å². The van der Waals surface area contributed by atoms with Crippen LogP contribution in [0.3, 0.4) is 0 Å². The molecule has 0 aliphatic carbocycles.